The number of carbonyl (C=O) groups is 1. The highest BCUT2D eigenvalue weighted by Gasteiger charge is 2.07. The van der Waals surface area contributed by atoms with E-state index in [1.54, 1.807) is 6.08 Å². The lowest BCUT2D eigenvalue weighted by atomic mass is 10.4. The first-order chi connectivity index (χ1) is 4.31. The number of allylic oxidation sites excluding steroid dienone is 1. The first-order valence-electron chi connectivity index (χ1n) is 3.40. The summed E-state index contributed by atoms with van der Waals surface area (Å²) in [5.74, 6) is 0.454. The van der Waals surface area contributed by atoms with Crippen LogP contribution in [0.1, 0.15) is 32.6 Å². The highest BCUT2D eigenvalue weighted by molar-refractivity contribution is 5.79. The number of Topliss-reactive ketones (excluding diaryl/α,β-unsaturated/α-hetero) is 1. The maximum Gasteiger partial charge on any atom is 0.132 e. The van der Waals surface area contributed by atoms with Gasteiger partial charge in [0.1, 0.15) is 5.78 Å². The van der Waals surface area contributed by atoms with Crippen LogP contribution in [0.5, 0.6) is 0 Å². The molecule has 1 aliphatic rings. The third kappa shape index (κ3) is 5.28. The molecular formula is C8H14O. The van der Waals surface area contributed by atoms with Gasteiger partial charge in [0.25, 0.3) is 0 Å². The number of hydrogen-bond acceptors (Lipinski definition) is 1. The van der Waals surface area contributed by atoms with E-state index in [0.29, 0.717) is 5.78 Å². The second-order valence-corrected chi connectivity index (χ2v) is 2.15. The summed E-state index contributed by atoms with van der Waals surface area (Å²) in [5.41, 5.74) is 0. The minimum atomic E-state index is 0.454. The molecule has 1 nitrogen and oxygen atoms in total. The average Bonchev–Trinajstić information content (AvgIpc) is 2.20. The largest absolute Gasteiger partial charge is 0.300 e. The van der Waals surface area contributed by atoms with Crippen LogP contribution in [0, 0.1) is 0 Å². The van der Waals surface area contributed by atoms with Crippen LogP contribution in [0.4, 0.5) is 0 Å². The van der Waals surface area contributed by atoms with Crippen molar-refractivity contribution in [2.75, 3.05) is 0 Å². The van der Waals surface area contributed by atoms with Gasteiger partial charge in [-0.3, -0.25) is 4.79 Å². The molecule has 0 radical (unpaired) electrons. The number of ketones is 1. The van der Waals surface area contributed by atoms with Crippen LogP contribution in [0.3, 0.4) is 0 Å². The summed E-state index contributed by atoms with van der Waals surface area (Å²) in [7, 11) is 0. The van der Waals surface area contributed by atoms with E-state index in [1.165, 1.54) is 0 Å². The van der Waals surface area contributed by atoms with Crippen LogP contribution in [0.25, 0.3) is 0 Å². The van der Waals surface area contributed by atoms with Crippen molar-refractivity contribution < 1.29 is 4.79 Å². The van der Waals surface area contributed by atoms with Crippen molar-refractivity contribution in [3.63, 3.8) is 0 Å². The summed E-state index contributed by atoms with van der Waals surface area (Å²) in [5, 5.41) is 0. The van der Waals surface area contributed by atoms with Crippen LogP contribution >= 0.6 is 0 Å². The van der Waals surface area contributed by atoms with Gasteiger partial charge in [-0.15, -0.1) is 6.58 Å². The van der Waals surface area contributed by atoms with Crippen molar-refractivity contribution >= 4 is 5.78 Å². The zero-order chi connectivity index (χ0) is 7.11. The van der Waals surface area contributed by atoms with Crippen LogP contribution in [-0.4, -0.2) is 5.78 Å². The Labute approximate surface area is 56.8 Å². The normalized spacial score (nSPS) is 16.3. The van der Waals surface area contributed by atoms with Gasteiger partial charge in [-0.05, 0) is 19.8 Å². The summed E-state index contributed by atoms with van der Waals surface area (Å²) in [6, 6.07) is 0. The van der Waals surface area contributed by atoms with E-state index in [4.69, 9.17) is 0 Å². The maximum atomic E-state index is 10.2. The Bertz CT molecular complexity index is 86.7. The van der Waals surface area contributed by atoms with Gasteiger partial charge in [0.15, 0.2) is 0 Å². The second-order valence-electron chi connectivity index (χ2n) is 2.15. The summed E-state index contributed by atoms with van der Waals surface area (Å²) < 4.78 is 0. The first-order valence-corrected chi connectivity index (χ1v) is 3.40. The van der Waals surface area contributed by atoms with Crippen LogP contribution in [-0.2, 0) is 4.79 Å². The van der Waals surface area contributed by atoms with Crippen molar-refractivity contribution in [3.05, 3.63) is 12.7 Å². The van der Waals surface area contributed by atoms with E-state index in [-0.39, 0.29) is 0 Å². The Morgan fingerprint density at radius 2 is 1.78 bits per heavy atom. The van der Waals surface area contributed by atoms with Crippen molar-refractivity contribution in [1.29, 1.82) is 0 Å². The van der Waals surface area contributed by atoms with Crippen LogP contribution in [0.2, 0.25) is 0 Å². The minimum Gasteiger partial charge on any atom is -0.300 e. The number of hydrogen-bond donors (Lipinski definition) is 0. The topological polar surface area (TPSA) is 17.1 Å². The molecular weight excluding hydrogens is 112 g/mol. The molecule has 52 valence electrons. The van der Waals surface area contributed by atoms with Crippen molar-refractivity contribution in [3.8, 4) is 0 Å². The summed E-state index contributed by atoms with van der Waals surface area (Å²) in [6.07, 6.45) is 5.72. The molecule has 9 heavy (non-hydrogen) atoms. The third-order valence-electron chi connectivity index (χ3n) is 1.16. The van der Waals surface area contributed by atoms with E-state index in [0.717, 1.165) is 25.7 Å². The van der Waals surface area contributed by atoms with Crippen molar-refractivity contribution in [2.24, 2.45) is 0 Å². The molecule has 0 unspecified atom stereocenters. The molecule has 1 saturated carbocycles. The quantitative estimate of drug-likeness (QED) is 0.455. The van der Waals surface area contributed by atoms with Gasteiger partial charge < -0.3 is 0 Å². The lowest BCUT2D eigenvalue weighted by Gasteiger charge is -1.71. The Morgan fingerprint density at radius 1 is 1.44 bits per heavy atom. The molecule has 1 rings (SSSR count). The molecule has 0 spiro atoms. The molecule has 0 N–H and O–H groups in total. The fourth-order valence-electron chi connectivity index (χ4n) is 0.769. The lowest BCUT2D eigenvalue weighted by molar-refractivity contribution is -0.117. The van der Waals surface area contributed by atoms with E-state index < -0.39 is 0 Å². The van der Waals surface area contributed by atoms with Crippen LogP contribution in [0.15, 0.2) is 12.7 Å². The molecule has 0 bridgehead atoms. The van der Waals surface area contributed by atoms with Gasteiger partial charge in [-0.2, -0.15) is 0 Å². The molecule has 0 saturated heterocycles. The summed E-state index contributed by atoms with van der Waals surface area (Å²) in [4.78, 5) is 10.2. The lowest BCUT2D eigenvalue weighted by Crippen LogP contribution is -1.81. The van der Waals surface area contributed by atoms with E-state index in [2.05, 4.69) is 6.58 Å². The molecule has 0 atom stereocenters. The SMILES string of the molecule is C=CC.O=C1CCCC1. The Morgan fingerprint density at radius 3 is 1.89 bits per heavy atom. The highest BCUT2D eigenvalue weighted by Crippen LogP contribution is 2.11. The Kier molecular flexibility index (Phi) is 5.18. The van der Waals surface area contributed by atoms with Gasteiger partial charge >= 0.3 is 0 Å². The van der Waals surface area contributed by atoms with E-state index in [1.807, 2.05) is 6.92 Å². The van der Waals surface area contributed by atoms with Gasteiger partial charge in [-0.25, -0.2) is 0 Å². The molecule has 1 aliphatic carbocycles. The molecule has 1 heteroatoms. The first kappa shape index (κ1) is 8.41. The summed E-state index contributed by atoms with van der Waals surface area (Å²) >= 11 is 0. The predicted molar refractivity (Wildman–Crippen MR) is 39.3 cm³/mol. The molecule has 0 aliphatic heterocycles. The Balaban J connectivity index is 0.000000187. The molecule has 0 amide bonds. The molecule has 0 aromatic heterocycles. The molecule has 1 fully saturated rings. The smallest absolute Gasteiger partial charge is 0.132 e. The number of rotatable bonds is 0. The van der Waals surface area contributed by atoms with E-state index in [9.17, 15) is 4.79 Å². The second kappa shape index (κ2) is 5.54. The third-order valence-corrected chi connectivity index (χ3v) is 1.16. The fourth-order valence-corrected chi connectivity index (χ4v) is 0.769. The van der Waals surface area contributed by atoms with Crippen molar-refractivity contribution in [1.82, 2.24) is 0 Å². The summed E-state index contributed by atoms with van der Waals surface area (Å²) in [6.45, 7) is 5.25. The zero-order valence-corrected chi connectivity index (χ0v) is 6.02. The highest BCUT2D eigenvalue weighted by atomic mass is 16.1. The van der Waals surface area contributed by atoms with Gasteiger partial charge in [0, 0.05) is 12.8 Å². The monoisotopic (exact) mass is 126 g/mol. The fraction of sp³-hybridized carbons (Fsp3) is 0.625. The Hall–Kier alpha value is -0.590. The van der Waals surface area contributed by atoms with Crippen molar-refractivity contribution in [2.45, 2.75) is 32.6 Å². The number of carbonyl (C=O) groups excluding carboxylic acids is 1. The van der Waals surface area contributed by atoms with Gasteiger partial charge in [-0.1, -0.05) is 6.08 Å². The standard InChI is InChI=1S/C5H8O.C3H6/c6-5-3-1-2-4-5;1-3-2/h1-4H2;3H,1H2,2H3. The maximum absolute atomic E-state index is 10.2. The average molecular weight is 126 g/mol. The zero-order valence-electron chi connectivity index (χ0n) is 6.02. The molecule has 0 aromatic carbocycles. The molecule has 0 aromatic rings. The van der Waals surface area contributed by atoms with Gasteiger partial charge in [0.2, 0.25) is 0 Å². The van der Waals surface area contributed by atoms with Crippen LogP contribution < -0.4 is 0 Å². The molecule has 0 heterocycles. The minimum absolute atomic E-state index is 0.454. The van der Waals surface area contributed by atoms with Gasteiger partial charge in [0.05, 0.1) is 0 Å². The predicted octanol–water partition coefficient (Wildman–Crippen LogP) is 2.32. The van der Waals surface area contributed by atoms with E-state index >= 15 is 0 Å².